The lowest BCUT2D eigenvalue weighted by molar-refractivity contribution is 0.0960. The van der Waals surface area contributed by atoms with Gasteiger partial charge in [0.15, 0.2) is 0 Å². The first-order valence-corrected chi connectivity index (χ1v) is 5.89. The van der Waals surface area contributed by atoms with Gasteiger partial charge in [-0.15, -0.1) is 0 Å². The smallest absolute Gasteiger partial charge is 0.0700 e. The van der Waals surface area contributed by atoms with Crippen molar-refractivity contribution in [2.45, 2.75) is 44.3 Å². The fraction of sp³-hybridized carbons (Fsp3) is 1.00. The van der Waals surface area contributed by atoms with Gasteiger partial charge in [0, 0.05) is 19.8 Å². The molecule has 0 spiro atoms. The number of ether oxygens (including phenoxy) is 2. The molecule has 14 heavy (non-hydrogen) atoms. The maximum absolute atomic E-state index is 5.55. The van der Waals surface area contributed by atoms with Crippen LogP contribution in [0.15, 0.2) is 0 Å². The van der Waals surface area contributed by atoms with Gasteiger partial charge in [0.2, 0.25) is 0 Å². The fourth-order valence-corrected chi connectivity index (χ4v) is 2.20. The molecule has 2 aliphatic heterocycles. The highest BCUT2D eigenvalue weighted by atomic mass is 16.5. The Balaban J connectivity index is 1.46. The number of rotatable bonds is 5. The zero-order valence-corrected chi connectivity index (χ0v) is 8.84. The molecule has 0 radical (unpaired) electrons. The Hall–Kier alpha value is -0.120. The van der Waals surface area contributed by atoms with Crippen molar-refractivity contribution in [2.24, 2.45) is 0 Å². The zero-order chi connectivity index (χ0) is 9.64. The second-order valence-electron chi connectivity index (χ2n) is 4.26. The molecule has 0 saturated carbocycles. The van der Waals surface area contributed by atoms with E-state index in [1.165, 1.54) is 25.7 Å². The Kier molecular flexibility index (Phi) is 4.22. The van der Waals surface area contributed by atoms with Gasteiger partial charge in [0.1, 0.15) is 0 Å². The van der Waals surface area contributed by atoms with Crippen LogP contribution in [0.2, 0.25) is 0 Å². The molecule has 2 rings (SSSR count). The highest BCUT2D eigenvalue weighted by Gasteiger charge is 2.16. The van der Waals surface area contributed by atoms with Gasteiger partial charge in [-0.05, 0) is 38.6 Å². The van der Waals surface area contributed by atoms with E-state index in [2.05, 4.69) is 5.32 Å². The highest BCUT2D eigenvalue weighted by Crippen LogP contribution is 2.14. The minimum Gasteiger partial charge on any atom is -0.378 e. The summed E-state index contributed by atoms with van der Waals surface area (Å²) in [4.78, 5) is 0. The summed E-state index contributed by atoms with van der Waals surface area (Å²) in [5, 5.41) is 3.45. The first kappa shape index (κ1) is 10.4. The van der Waals surface area contributed by atoms with Gasteiger partial charge in [-0.25, -0.2) is 0 Å². The summed E-state index contributed by atoms with van der Waals surface area (Å²) in [6, 6.07) is 0. The SMILES string of the molecule is C1COC(CCNCC2CCCO2)C1. The molecule has 2 heterocycles. The van der Waals surface area contributed by atoms with Gasteiger partial charge in [-0.2, -0.15) is 0 Å². The first-order valence-electron chi connectivity index (χ1n) is 5.89. The second-order valence-corrected chi connectivity index (χ2v) is 4.26. The van der Waals surface area contributed by atoms with Crippen molar-refractivity contribution in [1.82, 2.24) is 5.32 Å². The average Bonchev–Trinajstić information content (AvgIpc) is 2.86. The minimum absolute atomic E-state index is 0.472. The third-order valence-electron chi connectivity index (χ3n) is 3.06. The lowest BCUT2D eigenvalue weighted by Crippen LogP contribution is -2.28. The number of hydrogen-bond acceptors (Lipinski definition) is 3. The van der Waals surface area contributed by atoms with E-state index < -0.39 is 0 Å². The van der Waals surface area contributed by atoms with Crippen LogP contribution < -0.4 is 5.32 Å². The third-order valence-corrected chi connectivity index (χ3v) is 3.06. The average molecular weight is 199 g/mol. The molecular formula is C11H21NO2. The molecule has 2 fully saturated rings. The second kappa shape index (κ2) is 5.69. The van der Waals surface area contributed by atoms with Crippen molar-refractivity contribution >= 4 is 0 Å². The van der Waals surface area contributed by atoms with Crippen LogP contribution in [0.4, 0.5) is 0 Å². The molecule has 2 saturated heterocycles. The standard InChI is InChI=1S/C11H21NO2/c1-3-10(13-7-1)5-6-12-9-11-4-2-8-14-11/h10-12H,1-9H2. The lowest BCUT2D eigenvalue weighted by Gasteiger charge is -2.12. The summed E-state index contributed by atoms with van der Waals surface area (Å²) in [6.45, 7) is 4.02. The molecule has 0 bridgehead atoms. The minimum atomic E-state index is 0.472. The van der Waals surface area contributed by atoms with E-state index in [1.807, 2.05) is 0 Å². The summed E-state index contributed by atoms with van der Waals surface area (Å²) < 4.78 is 11.1. The monoisotopic (exact) mass is 199 g/mol. The Bertz CT molecular complexity index is 133. The van der Waals surface area contributed by atoms with E-state index in [-0.39, 0.29) is 0 Å². The molecule has 0 amide bonds. The quantitative estimate of drug-likeness (QED) is 0.677. The molecule has 3 heteroatoms. The third kappa shape index (κ3) is 3.23. The molecule has 0 aliphatic carbocycles. The van der Waals surface area contributed by atoms with Gasteiger partial charge >= 0.3 is 0 Å². The summed E-state index contributed by atoms with van der Waals surface area (Å²) in [5.74, 6) is 0. The van der Waals surface area contributed by atoms with Crippen LogP contribution in [0, 0.1) is 0 Å². The summed E-state index contributed by atoms with van der Waals surface area (Å²) in [6.07, 6.45) is 7.11. The predicted octanol–water partition coefficient (Wildman–Crippen LogP) is 1.32. The fourth-order valence-electron chi connectivity index (χ4n) is 2.20. The van der Waals surface area contributed by atoms with Gasteiger partial charge in [0.05, 0.1) is 12.2 Å². The summed E-state index contributed by atoms with van der Waals surface area (Å²) in [7, 11) is 0. The molecule has 82 valence electrons. The van der Waals surface area contributed by atoms with E-state index in [0.717, 1.165) is 32.7 Å². The Labute approximate surface area is 86.2 Å². The van der Waals surface area contributed by atoms with Crippen molar-refractivity contribution < 1.29 is 9.47 Å². The zero-order valence-electron chi connectivity index (χ0n) is 8.84. The van der Waals surface area contributed by atoms with Gasteiger partial charge < -0.3 is 14.8 Å². The Morgan fingerprint density at radius 3 is 2.36 bits per heavy atom. The normalized spacial score (nSPS) is 32.6. The van der Waals surface area contributed by atoms with E-state index in [4.69, 9.17) is 9.47 Å². The van der Waals surface area contributed by atoms with E-state index in [9.17, 15) is 0 Å². The molecule has 0 aromatic heterocycles. The maximum Gasteiger partial charge on any atom is 0.0700 e. The van der Waals surface area contributed by atoms with Crippen LogP contribution in [0.3, 0.4) is 0 Å². The van der Waals surface area contributed by atoms with Crippen molar-refractivity contribution in [3.8, 4) is 0 Å². The lowest BCUT2D eigenvalue weighted by atomic mass is 10.2. The highest BCUT2D eigenvalue weighted by molar-refractivity contribution is 4.70. The van der Waals surface area contributed by atoms with E-state index in [1.54, 1.807) is 0 Å². The van der Waals surface area contributed by atoms with Crippen LogP contribution in [0.25, 0.3) is 0 Å². The largest absolute Gasteiger partial charge is 0.378 e. The molecule has 1 N–H and O–H groups in total. The van der Waals surface area contributed by atoms with Crippen molar-refractivity contribution in [1.29, 1.82) is 0 Å². The van der Waals surface area contributed by atoms with E-state index in [0.29, 0.717) is 12.2 Å². The van der Waals surface area contributed by atoms with Crippen LogP contribution in [0.5, 0.6) is 0 Å². The van der Waals surface area contributed by atoms with Crippen LogP contribution in [-0.2, 0) is 9.47 Å². The number of hydrogen-bond donors (Lipinski definition) is 1. The Morgan fingerprint density at radius 2 is 1.71 bits per heavy atom. The van der Waals surface area contributed by atoms with Crippen molar-refractivity contribution in [3.05, 3.63) is 0 Å². The predicted molar refractivity (Wildman–Crippen MR) is 55.4 cm³/mol. The molecular weight excluding hydrogens is 178 g/mol. The van der Waals surface area contributed by atoms with Gasteiger partial charge in [-0.3, -0.25) is 0 Å². The van der Waals surface area contributed by atoms with E-state index >= 15 is 0 Å². The summed E-state index contributed by atoms with van der Waals surface area (Å²) in [5.41, 5.74) is 0. The van der Waals surface area contributed by atoms with Gasteiger partial charge in [-0.1, -0.05) is 0 Å². The first-order chi connectivity index (χ1) is 6.95. The molecule has 2 unspecified atom stereocenters. The van der Waals surface area contributed by atoms with Crippen molar-refractivity contribution in [2.75, 3.05) is 26.3 Å². The van der Waals surface area contributed by atoms with Crippen LogP contribution >= 0.6 is 0 Å². The summed E-state index contributed by atoms with van der Waals surface area (Å²) >= 11 is 0. The van der Waals surface area contributed by atoms with Gasteiger partial charge in [0.25, 0.3) is 0 Å². The Morgan fingerprint density at radius 1 is 1.00 bits per heavy atom. The van der Waals surface area contributed by atoms with Crippen molar-refractivity contribution in [3.63, 3.8) is 0 Å². The molecule has 2 aliphatic rings. The maximum atomic E-state index is 5.55. The number of nitrogens with one attached hydrogen (secondary N) is 1. The van der Waals surface area contributed by atoms with Crippen LogP contribution in [0.1, 0.15) is 32.1 Å². The molecule has 2 atom stereocenters. The van der Waals surface area contributed by atoms with Crippen LogP contribution in [-0.4, -0.2) is 38.5 Å². The molecule has 0 aromatic carbocycles. The molecule has 0 aromatic rings. The molecule has 3 nitrogen and oxygen atoms in total. The topological polar surface area (TPSA) is 30.5 Å².